The highest BCUT2D eigenvalue weighted by Crippen LogP contribution is 2.04. The van der Waals surface area contributed by atoms with Crippen LogP contribution in [0.1, 0.15) is 25.3 Å². The van der Waals surface area contributed by atoms with E-state index in [1.54, 1.807) is 11.1 Å². The van der Waals surface area contributed by atoms with Crippen LogP contribution in [0.3, 0.4) is 0 Å². The molecule has 0 aliphatic carbocycles. The average molecular weight is 251 g/mol. The van der Waals surface area contributed by atoms with Crippen LogP contribution < -0.4 is 17.3 Å². The van der Waals surface area contributed by atoms with Crippen LogP contribution >= 0.6 is 0 Å². The van der Waals surface area contributed by atoms with Crippen molar-refractivity contribution < 1.29 is 17.3 Å². The second-order valence-electron chi connectivity index (χ2n) is 4.67. The quantitative estimate of drug-likeness (QED) is 0.558. The standard InChI is InChI=1S/C14H18N2.ClH/c1-13-5-3-9-16(12-13)10-4-7-14-6-2-8-15-11-14;/h2,6,8,11,13H,3,5,9-10,12H2,1H3;1H. The molecule has 1 aliphatic rings. The van der Waals surface area contributed by atoms with Crippen molar-refractivity contribution in [3.05, 3.63) is 30.1 Å². The normalized spacial score (nSPS) is 23.1. The molecule has 2 heterocycles. The van der Waals surface area contributed by atoms with E-state index in [1.807, 2.05) is 18.3 Å². The highest BCUT2D eigenvalue weighted by atomic mass is 35.5. The summed E-state index contributed by atoms with van der Waals surface area (Å²) in [5, 5.41) is 0. The molecular formula is C14H19ClN2. The first kappa shape index (κ1) is 14.0. The Balaban J connectivity index is 0.00000144. The Kier molecular flexibility index (Phi) is 6.04. The van der Waals surface area contributed by atoms with Crippen LogP contribution in [0.25, 0.3) is 0 Å². The van der Waals surface area contributed by atoms with E-state index in [2.05, 4.69) is 23.7 Å². The van der Waals surface area contributed by atoms with Crippen molar-refractivity contribution >= 4 is 0 Å². The number of likely N-dealkylation sites (tertiary alicyclic amines) is 1. The number of hydrogen-bond acceptors (Lipinski definition) is 1. The van der Waals surface area contributed by atoms with E-state index in [0.29, 0.717) is 0 Å². The van der Waals surface area contributed by atoms with E-state index in [0.717, 1.165) is 18.0 Å². The number of hydrogen-bond donors (Lipinski definition) is 1. The van der Waals surface area contributed by atoms with Gasteiger partial charge in [-0.15, -0.1) is 0 Å². The third-order valence-corrected chi connectivity index (χ3v) is 3.10. The lowest BCUT2D eigenvalue weighted by Crippen LogP contribution is -3.13. The maximum absolute atomic E-state index is 4.05. The molecule has 1 aromatic heterocycles. The first-order valence-corrected chi connectivity index (χ1v) is 6.07. The highest BCUT2D eigenvalue weighted by molar-refractivity contribution is 5.30. The summed E-state index contributed by atoms with van der Waals surface area (Å²) in [5.41, 5.74) is 1.02. The van der Waals surface area contributed by atoms with E-state index in [9.17, 15) is 0 Å². The van der Waals surface area contributed by atoms with E-state index >= 15 is 0 Å². The van der Waals surface area contributed by atoms with Crippen LogP contribution in [-0.4, -0.2) is 24.6 Å². The van der Waals surface area contributed by atoms with Gasteiger partial charge in [0.2, 0.25) is 0 Å². The van der Waals surface area contributed by atoms with Crippen LogP contribution in [0, 0.1) is 17.8 Å². The molecule has 3 heteroatoms. The molecule has 1 fully saturated rings. The van der Waals surface area contributed by atoms with Crippen LogP contribution in [-0.2, 0) is 0 Å². The first-order chi connectivity index (χ1) is 7.84. The minimum Gasteiger partial charge on any atom is -1.00 e. The molecule has 0 radical (unpaired) electrons. The van der Waals surface area contributed by atoms with Crippen molar-refractivity contribution in [2.45, 2.75) is 19.8 Å². The fourth-order valence-corrected chi connectivity index (χ4v) is 2.27. The van der Waals surface area contributed by atoms with Gasteiger partial charge in [0.25, 0.3) is 0 Å². The molecule has 0 spiro atoms. The number of aromatic nitrogens is 1. The van der Waals surface area contributed by atoms with E-state index in [4.69, 9.17) is 0 Å². The highest BCUT2D eigenvalue weighted by Gasteiger charge is 2.17. The number of nitrogens with one attached hydrogen (secondary N) is 1. The molecule has 92 valence electrons. The number of pyridine rings is 1. The Morgan fingerprint density at radius 2 is 2.41 bits per heavy atom. The summed E-state index contributed by atoms with van der Waals surface area (Å²) in [4.78, 5) is 5.69. The average Bonchev–Trinajstić information content (AvgIpc) is 2.30. The van der Waals surface area contributed by atoms with Gasteiger partial charge < -0.3 is 17.3 Å². The van der Waals surface area contributed by atoms with Gasteiger partial charge in [0.1, 0.15) is 6.54 Å². The fourth-order valence-electron chi connectivity index (χ4n) is 2.27. The number of piperidine rings is 1. The van der Waals surface area contributed by atoms with Gasteiger partial charge in [-0.1, -0.05) is 12.8 Å². The molecule has 2 rings (SSSR count). The Morgan fingerprint density at radius 3 is 3.12 bits per heavy atom. The maximum Gasteiger partial charge on any atom is 0.139 e. The maximum atomic E-state index is 4.05. The lowest BCUT2D eigenvalue weighted by Gasteiger charge is -2.26. The molecule has 2 unspecified atom stereocenters. The smallest absolute Gasteiger partial charge is 0.139 e. The van der Waals surface area contributed by atoms with Crippen molar-refractivity contribution in [3.8, 4) is 11.8 Å². The van der Waals surface area contributed by atoms with E-state index in [1.165, 1.54) is 25.9 Å². The van der Waals surface area contributed by atoms with Crippen molar-refractivity contribution in [1.82, 2.24) is 4.98 Å². The molecule has 0 amide bonds. The summed E-state index contributed by atoms with van der Waals surface area (Å²) in [7, 11) is 0. The third-order valence-electron chi connectivity index (χ3n) is 3.10. The summed E-state index contributed by atoms with van der Waals surface area (Å²) in [6.07, 6.45) is 6.34. The van der Waals surface area contributed by atoms with Gasteiger partial charge in [-0.3, -0.25) is 4.98 Å². The van der Waals surface area contributed by atoms with Gasteiger partial charge in [0, 0.05) is 23.9 Å². The molecule has 1 aliphatic heterocycles. The van der Waals surface area contributed by atoms with E-state index < -0.39 is 0 Å². The third kappa shape index (κ3) is 4.77. The SMILES string of the molecule is CC1CCC[NH+](CC#Cc2cccnc2)C1.[Cl-]. The molecule has 0 aromatic carbocycles. The molecule has 1 aromatic rings. The van der Waals surface area contributed by atoms with Crippen molar-refractivity contribution in [1.29, 1.82) is 0 Å². The zero-order chi connectivity index (χ0) is 11.2. The van der Waals surface area contributed by atoms with Crippen LogP contribution in [0.5, 0.6) is 0 Å². The predicted octanol–water partition coefficient (Wildman–Crippen LogP) is -2.25. The fraction of sp³-hybridized carbons (Fsp3) is 0.500. The topological polar surface area (TPSA) is 17.3 Å². The van der Waals surface area contributed by atoms with Gasteiger partial charge in [-0.2, -0.15) is 0 Å². The summed E-state index contributed by atoms with van der Waals surface area (Å²) >= 11 is 0. The summed E-state index contributed by atoms with van der Waals surface area (Å²) in [6, 6.07) is 3.94. The minimum atomic E-state index is 0. The van der Waals surface area contributed by atoms with Crippen LogP contribution in [0.15, 0.2) is 24.5 Å². The first-order valence-electron chi connectivity index (χ1n) is 6.07. The largest absolute Gasteiger partial charge is 1.00 e. The zero-order valence-corrected chi connectivity index (χ0v) is 11.0. The summed E-state index contributed by atoms with van der Waals surface area (Å²) in [5.74, 6) is 7.30. The number of rotatable bonds is 1. The lowest BCUT2D eigenvalue weighted by molar-refractivity contribution is -0.901. The minimum absolute atomic E-state index is 0. The Morgan fingerprint density at radius 1 is 1.53 bits per heavy atom. The molecule has 17 heavy (non-hydrogen) atoms. The summed E-state index contributed by atoms with van der Waals surface area (Å²) < 4.78 is 0. The van der Waals surface area contributed by atoms with Crippen molar-refractivity contribution in [3.63, 3.8) is 0 Å². The molecule has 2 nitrogen and oxygen atoms in total. The molecule has 2 atom stereocenters. The Labute approximate surface area is 110 Å². The number of quaternary nitrogens is 1. The second kappa shape index (κ2) is 7.32. The Bertz CT molecular complexity index is 380. The van der Waals surface area contributed by atoms with Crippen LogP contribution in [0.4, 0.5) is 0 Å². The molecular weight excluding hydrogens is 232 g/mol. The van der Waals surface area contributed by atoms with Crippen LogP contribution in [0.2, 0.25) is 0 Å². The molecule has 0 saturated carbocycles. The lowest BCUT2D eigenvalue weighted by atomic mass is 10.0. The number of halogens is 1. The summed E-state index contributed by atoms with van der Waals surface area (Å²) in [6.45, 7) is 5.88. The zero-order valence-electron chi connectivity index (χ0n) is 10.2. The van der Waals surface area contributed by atoms with Gasteiger partial charge in [-0.05, 0) is 30.9 Å². The molecule has 0 bridgehead atoms. The molecule has 1 N–H and O–H groups in total. The van der Waals surface area contributed by atoms with E-state index in [-0.39, 0.29) is 12.4 Å². The Hall–Kier alpha value is -1.04. The molecule has 1 saturated heterocycles. The predicted molar refractivity (Wildman–Crippen MR) is 65.1 cm³/mol. The van der Waals surface area contributed by atoms with Gasteiger partial charge in [0.15, 0.2) is 0 Å². The second-order valence-corrected chi connectivity index (χ2v) is 4.67. The van der Waals surface area contributed by atoms with Gasteiger partial charge in [0.05, 0.1) is 13.1 Å². The monoisotopic (exact) mass is 250 g/mol. The van der Waals surface area contributed by atoms with Crippen molar-refractivity contribution in [2.75, 3.05) is 19.6 Å². The van der Waals surface area contributed by atoms with Gasteiger partial charge in [-0.25, -0.2) is 0 Å². The van der Waals surface area contributed by atoms with Gasteiger partial charge >= 0.3 is 0 Å². The van der Waals surface area contributed by atoms with Crippen molar-refractivity contribution in [2.24, 2.45) is 5.92 Å². The number of nitrogens with zero attached hydrogens (tertiary/aromatic N) is 1.